The van der Waals surface area contributed by atoms with Gasteiger partial charge in [-0.15, -0.1) is 10.2 Å². The quantitative estimate of drug-likeness (QED) is 0.792. The Morgan fingerprint density at radius 3 is 2.75 bits per heavy atom. The van der Waals surface area contributed by atoms with E-state index >= 15 is 0 Å². The minimum Gasteiger partial charge on any atom is -0.496 e. The Hall–Kier alpha value is -1.56. The van der Waals surface area contributed by atoms with Gasteiger partial charge in [-0.25, -0.2) is 0 Å². The van der Waals surface area contributed by atoms with Gasteiger partial charge in [0.2, 0.25) is 0 Å². The lowest BCUT2D eigenvalue weighted by Gasteiger charge is -2.13. The number of aromatic nitrogens is 4. The molecule has 0 aliphatic carbocycles. The van der Waals surface area contributed by atoms with Crippen LogP contribution in [-0.4, -0.2) is 26.9 Å². The van der Waals surface area contributed by atoms with Crippen molar-refractivity contribution in [1.29, 1.82) is 0 Å². The summed E-state index contributed by atoms with van der Waals surface area (Å²) >= 11 is 1.65. The number of hydrogen-bond donors (Lipinski definition) is 0. The number of rotatable bonds is 5. The molecule has 5 nitrogen and oxygen atoms in total. The van der Waals surface area contributed by atoms with Crippen molar-refractivity contribution in [3.8, 4) is 5.75 Å². The van der Waals surface area contributed by atoms with Crippen LogP contribution in [0.4, 0.5) is 0 Å². The highest BCUT2D eigenvalue weighted by Gasteiger charge is 2.12. The molecule has 0 fully saturated rings. The van der Waals surface area contributed by atoms with E-state index < -0.39 is 0 Å². The van der Waals surface area contributed by atoms with Crippen molar-refractivity contribution in [2.24, 2.45) is 0 Å². The molecule has 2 aromatic rings. The maximum atomic E-state index is 5.43. The molecule has 108 valence electrons. The number of thioether (sulfide) groups is 1. The van der Waals surface area contributed by atoms with Gasteiger partial charge in [0.05, 0.1) is 12.8 Å². The lowest BCUT2D eigenvalue weighted by Crippen LogP contribution is -2.02. The van der Waals surface area contributed by atoms with E-state index in [4.69, 9.17) is 4.74 Å². The van der Waals surface area contributed by atoms with E-state index in [0.717, 1.165) is 33.5 Å². The monoisotopic (exact) mass is 292 g/mol. The Morgan fingerprint density at radius 2 is 2.10 bits per heavy atom. The van der Waals surface area contributed by atoms with Crippen molar-refractivity contribution >= 4 is 11.8 Å². The Bertz CT molecular complexity index is 595. The molecule has 0 saturated heterocycles. The predicted molar refractivity (Wildman–Crippen MR) is 80.2 cm³/mol. The van der Waals surface area contributed by atoms with Crippen LogP contribution in [0.5, 0.6) is 5.75 Å². The Labute approximate surface area is 123 Å². The summed E-state index contributed by atoms with van der Waals surface area (Å²) in [5, 5.41) is 9.05. The smallest absolute Gasteiger partial charge is 0.191 e. The van der Waals surface area contributed by atoms with E-state index in [-0.39, 0.29) is 0 Å². The largest absolute Gasteiger partial charge is 0.496 e. The van der Waals surface area contributed by atoms with Gasteiger partial charge >= 0.3 is 0 Å². The zero-order valence-corrected chi connectivity index (χ0v) is 13.4. The lowest BCUT2D eigenvalue weighted by atomic mass is 10.1. The zero-order valence-electron chi connectivity index (χ0n) is 12.5. The molecular formula is C14H20N4OS. The van der Waals surface area contributed by atoms with Gasteiger partial charge in [-0.05, 0) is 27.7 Å². The van der Waals surface area contributed by atoms with E-state index in [0.29, 0.717) is 6.04 Å². The molecule has 0 radical (unpaired) electrons. The van der Waals surface area contributed by atoms with Crippen LogP contribution in [0.25, 0.3) is 0 Å². The number of methoxy groups -OCH3 is 1. The number of hydrogen-bond acceptors (Lipinski definition) is 5. The summed E-state index contributed by atoms with van der Waals surface area (Å²) in [6.45, 7) is 8.28. The molecule has 0 atom stereocenters. The molecule has 20 heavy (non-hydrogen) atoms. The van der Waals surface area contributed by atoms with Crippen LogP contribution in [-0.2, 0) is 5.75 Å². The van der Waals surface area contributed by atoms with Crippen molar-refractivity contribution in [2.75, 3.05) is 7.11 Å². The maximum Gasteiger partial charge on any atom is 0.191 e. The highest BCUT2D eigenvalue weighted by Crippen LogP contribution is 2.29. The summed E-state index contributed by atoms with van der Waals surface area (Å²) in [5.74, 6) is 1.68. The molecule has 2 rings (SSSR count). The molecule has 0 aliphatic heterocycles. The predicted octanol–water partition coefficient (Wildman–Crippen LogP) is 3.17. The van der Waals surface area contributed by atoms with Gasteiger partial charge in [0.1, 0.15) is 12.1 Å². The molecule has 0 aliphatic rings. The van der Waals surface area contributed by atoms with Crippen LogP contribution in [0.15, 0.2) is 17.7 Å². The number of nitrogens with zero attached hydrogens (tertiary/aromatic N) is 4. The fraction of sp³-hybridized carbons (Fsp3) is 0.500. The molecule has 6 heteroatoms. The van der Waals surface area contributed by atoms with E-state index in [2.05, 4.69) is 33.6 Å². The van der Waals surface area contributed by atoms with Crippen LogP contribution >= 0.6 is 11.8 Å². The van der Waals surface area contributed by atoms with Crippen LogP contribution in [0.3, 0.4) is 0 Å². The third-order valence-corrected chi connectivity index (χ3v) is 4.15. The van der Waals surface area contributed by atoms with Crippen molar-refractivity contribution in [3.05, 3.63) is 29.3 Å². The molecule has 0 unspecified atom stereocenters. The Balaban J connectivity index is 2.17. The van der Waals surface area contributed by atoms with Crippen molar-refractivity contribution in [2.45, 2.75) is 44.6 Å². The second kappa shape index (κ2) is 6.26. The number of pyridine rings is 1. The highest BCUT2D eigenvalue weighted by molar-refractivity contribution is 7.98. The number of ether oxygens (including phenoxy) is 1. The third-order valence-electron chi connectivity index (χ3n) is 3.18. The second-order valence-corrected chi connectivity index (χ2v) is 5.89. The molecular weight excluding hydrogens is 272 g/mol. The van der Waals surface area contributed by atoms with Crippen LogP contribution in [0.1, 0.15) is 36.7 Å². The van der Waals surface area contributed by atoms with Gasteiger partial charge in [0.25, 0.3) is 0 Å². The van der Waals surface area contributed by atoms with Crippen molar-refractivity contribution in [1.82, 2.24) is 19.7 Å². The van der Waals surface area contributed by atoms with E-state index in [1.54, 1.807) is 25.2 Å². The first-order valence-electron chi connectivity index (χ1n) is 6.56. The minimum atomic E-state index is 0.356. The molecule has 0 saturated carbocycles. The first-order chi connectivity index (χ1) is 9.54. The third kappa shape index (κ3) is 2.95. The average Bonchev–Trinajstić information content (AvgIpc) is 2.87. The molecule has 0 aromatic carbocycles. The van der Waals surface area contributed by atoms with E-state index in [1.165, 1.54) is 0 Å². The van der Waals surface area contributed by atoms with Crippen molar-refractivity contribution < 1.29 is 4.74 Å². The molecule has 2 aromatic heterocycles. The van der Waals surface area contributed by atoms with Gasteiger partial charge in [-0.1, -0.05) is 11.8 Å². The lowest BCUT2D eigenvalue weighted by molar-refractivity contribution is 0.407. The Morgan fingerprint density at radius 1 is 1.35 bits per heavy atom. The molecule has 0 spiro atoms. The number of aryl methyl sites for hydroxylation is 1. The average molecular weight is 292 g/mol. The summed E-state index contributed by atoms with van der Waals surface area (Å²) in [6, 6.07) is 0.356. The first-order valence-corrected chi connectivity index (χ1v) is 7.54. The van der Waals surface area contributed by atoms with E-state index in [1.807, 2.05) is 20.0 Å². The molecule has 0 N–H and O–H groups in total. The molecule has 0 amide bonds. The summed E-state index contributed by atoms with van der Waals surface area (Å²) in [6.07, 6.45) is 3.62. The maximum absolute atomic E-state index is 5.43. The van der Waals surface area contributed by atoms with Gasteiger partial charge < -0.3 is 9.30 Å². The Kier molecular flexibility index (Phi) is 4.65. The topological polar surface area (TPSA) is 52.8 Å². The second-order valence-electron chi connectivity index (χ2n) is 4.95. The van der Waals surface area contributed by atoms with Gasteiger partial charge in [-0.3, -0.25) is 4.98 Å². The van der Waals surface area contributed by atoms with Gasteiger partial charge in [0.15, 0.2) is 5.16 Å². The summed E-state index contributed by atoms with van der Waals surface area (Å²) in [4.78, 5) is 4.50. The molecule has 2 heterocycles. The summed E-state index contributed by atoms with van der Waals surface area (Å²) in [5.41, 5.74) is 3.18. The fourth-order valence-electron chi connectivity index (χ4n) is 2.04. The minimum absolute atomic E-state index is 0.356. The van der Waals surface area contributed by atoms with Gasteiger partial charge in [-0.2, -0.15) is 0 Å². The van der Waals surface area contributed by atoms with Crippen LogP contribution < -0.4 is 4.74 Å². The molecule has 0 bridgehead atoms. The van der Waals surface area contributed by atoms with Crippen LogP contribution in [0, 0.1) is 13.8 Å². The standard InChI is InChI=1S/C14H20N4OS/c1-9(2)18-8-16-17-14(18)20-7-12-11(4)13(19-5)10(3)6-15-12/h6,8-9H,7H2,1-5H3. The SMILES string of the molecule is COc1c(C)cnc(CSc2nncn2C(C)C)c1C. The first kappa shape index (κ1) is 14.8. The summed E-state index contributed by atoms with van der Waals surface area (Å²) < 4.78 is 7.49. The van der Waals surface area contributed by atoms with E-state index in [9.17, 15) is 0 Å². The van der Waals surface area contributed by atoms with Crippen molar-refractivity contribution in [3.63, 3.8) is 0 Å². The summed E-state index contributed by atoms with van der Waals surface area (Å²) in [7, 11) is 1.70. The zero-order chi connectivity index (χ0) is 14.7. The normalized spacial score (nSPS) is 11.1. The fourth-order valence-corrected chi connectivity index (χ4v) is 3.11. The highest BCUT2D eigenvalue weighted by atomic mass is 32.2. The van der Waals surface area contributed by atoms with Gasteiger partial charge in [0, 0.05) is 29.1 Å². The van der Waals surface area contributed by atoms with Crippen LogP contribution in [0.2, 0.25) is 0 Å².